The Hall–Kier alpha value is -2.18. The highest BCUT2D eigenvalue weighted by atomic mass is 19.1. The topological polar surface area (TPSA) is 89.5 Å². The second kappa shape index (κ2) is 5.31. The number of halogens is 1. The van der Waals surface area contributed by atoms with Gasteiger partial charge in [-0.3, -0.25) is 14.9 Å². The molecule has 1 saturated heterocycles. The summed E-state index contributed by atoms with van der Waals surface area (Å²) < 4.78 is 13.9. The number of nitrogen functional groups attached to an aromatic ring is 1. The van der Waals surface area contributed by atoms with Gasteiger partial charge in [0.1, 0.15) is 17.1 Å². The number of nitro benzene ring substituents is 1. The molecule has 7 heteroatoms. The lowest BCUT2D eigenvalue weighted by Crippen LogP contribution is -2.44. The van der Waals surface area contributed by atoms with Crippen molar-refractivity contribution in [3.8, 4) is 0 Å². The molecule has 114 valence electrons. The van der Waals surface area contributed by atoms with E-state index in [1.165, 1.54) is 4.90 Å². The van der Waals surface area contributed by atoms with Gasteiger partial charge >= 0.3 is 0 Å². The normalized spacial score (nSPS) is 17.6. The van der Waals surface area contributed by atoms with E-state index in [1.807, 2.05) is 13.8 Å². The zero-order chi connectivity index (χ0) is 15.8. The minimum atomic E-state index is -0.827. The number of hydrogen-bond acceptors (Lipinski definition) is 4. The van der Waals surface area contributed by atoms with Crippen molar-refractivity contribution in [2.45, 2.75) is 26.7 Å². The van der Waals surface area contributed by atoms with Crippen molar-refractivity contribution in [3.63, 3.8) is 0 Å². The van der Waals surface area contributed by atoms with Gasteiger partial charge in [-0.2, -0.15) is 0 Å². The second-order valence-corrected chi connectivity index (χ2v) is 6.11. The number of anilines is 1. The van der Waals surface area contributed by atoms with Gasteiger partial charge in [0, 0.05) is 19.2 Å². The summed E-state index contributed by atoms with van der Waals surface area (Å²) in [5, 5.41) is 10.9. The van der Waals surface area contributed by atoms with Crippen molar-refractivity contribution in [2.75, 3.05) is 18.8 Å². The predicted molar refractivity (Wildman–Crippen MR) is 76.4 cm³/mol. The van der Waals surface area contributed by atoms with E-state index in [4.69, 9.17) is 5.73 Å². The van der Waals surface area contributed by atoms with Crippen molar-refractivity contribution in [3.05, 3.63) is 33.6 Å². The number of piperidine rings is 1. The molecular formula is C14H18FN3O3. The fraction of sp³-hybridized carbons (Fsp3) is 0.500. The molecule has 0 aromatic heterocycles. The minimum Gasteiger partial charge on any atom is -0.392 e. The van der Waals surface area contributed by atoms with Gasteiger partial charge in [-0.1, -0.05) is 13.8 Å². The first kappa shape index (κ1) is 15.2. The molecule has 0 bridgehead atoms. The summed E-state index contributed by atoms with van der Waals surface area (Å²) in [7, 11) is 0. The molecule has 1 aromatic rings. The molecule has 0 atom stereocenters. The molecule has 1 aromatic carbocycles. The minimum absolute atomic E-state index is 0.0557. The van der Waals surface area contributed by atoms with E-state index < -0.39 is 33.6 Å². The molecule has 2 N–H and O–H groups in total. The number of likely N-dealkylation sites (tertiary alicyclic amines) is 1. The van der Waals surface area contributed by atoms with Crippen LogP contribution in [0.4, 0.5) is 15.8 Å². The van der Waals surface area contributed by atoms with E-state index in [0.29, 0.717) is 13.1 Å². The molecule has 1 aliphatic rings. The third-order valence-corrected chi connectivity index (χ3v) is 3.77. The maximum Gasteiger partial charge on any atom is 0.293 e. The molecule has 1 aliphatic heterocycles. The summed E-state index contributed by atoms with van der Waals surface area (Å²) in [5.74, 6) is -1.41. The van der Waals surface area contributed by atoms with Crippen molar-refractivity contribution in [1.29, 1.82) is 0 Å². The molecular weight excluding hydrogens is 277 g/mol. The molecule has 0 aliphatic carbocycles. The molecule has 0 saturated carbocycles. The maximum atomic E-state index is 13.9. The third kappa shape index (κ3) is 2.96. The summed E-state index contributed by atoms with van der Waals surface area (Å²) >= 11 is 0. The summed E-state index contributed by atoms with van der Waals surface area (Å²) in [6.45, 7) is 5.04. The molecule has 0 spiro atoms. The van der Waals surface area contributed by atoms with Gasteiger partial charge in [-0.25, -0.2) is 4.39 Å². The Bertz CT molecular complexity index is 601. The van der Waals surface area contributed by atoms with E-state index in [-0.39, 0.29) is 5.41 Å². The first-order valence-electron chi connectivity index (χ1n) is 6.74. The van der Waals surface area contributed by atoms with Crippen LogP contribution in [-0.2, 0) is 0 Å². The van der Waals surface area contributed by atoms with Gasteiger partial charge in [0.25, 0.3) is 11.6 Å². The summed E-state index contributed by atoms with van der Waals surface area (Å²) in [5.41, 5.74) is 4.32. The third-order valence-electron chi connectivity index (χ3n) is 3.77. The van der Waals surface area contributed by atoms with Crippen LogP contribution >= 0.6 is 0 Å². The number of benzene rings is 1. The van der Waals surface area contributed by atoms with E-state index in [1.54, 1.807) is 0 Å². The summed E-state index contributed by atoms with van der Waals surface area (Å²) in [6, 6.07) is 1.89. The molecule has 6 nitrogen and oxygen atoms in total. The number of rotatable bonds is 2. The van der Waals surface area contributed by atoms with Crippen LogP contribution in [0.5, 0.6) is 0 Å². The maximum absolute atomic E-state index is 13.9. The van der Waals surface area contributed by atoms with Crippen molar-refractivity contribution in [1.82, 2.24) is 4.90 Å². The Morgan fingerprint density at radius 3 is 2.71 bits per heavy atom. The zero-order valence-electron chi connectivity index (χ0n) is 12.1. The number of carbonyl (C=O) groups excluding carboxylic acids is 1. The van der Waals surface area contributed by atoms with E-state index in [9.17, 15) is 19.3 Å². The van der Waals surface area contributed by atoms with Gasteiger partial charge in [-0.05, 0) is 24.3 Å². The van der Waals surface area contributed by atoms with Crippen LogP contribution in [0.25, 0.3) is 0 Å². The molecule has 2 rings (SSSR count). The Balaban J connectivity index is 2.39. The van der Waals surface area contributed by atoms with Gasteiger partial charge in [0.05, 0.1) is 4.92 Å². The SMILES string of the molecule is CC1(C)CCCN(C(=O)c2c(F)ccc([N+](=O)[O-])c2N)C1. The highest BCUT2D eigenvalue weighted by molar-refractivity contribution is 6.01. The largest absolute Gasteiger partial charge is 0.392 e. The molecule has 1 fully saturated rings. The van der Waals surface area contributed by atoms with Gasteiger partial charge in [0.2, 0.25) is 0 Å². The summed E-state index contributed by atoms with van der Waals surface area (Å²) in [4.78, 5) is 24.2. The van der Waals surface area contributed by atoms with Crippen LogP contribution in [-0.4, -0.2) is 28.8 Å². The number of hydrogen-bond donors (Lipinski definition) is 1. The Morgan fingerprint density at radius 2 is 2.14 bits per heavy atom. The lowest BCUT2D eigenvalue weighted by Gasteiger charge is -2.38. The molecule has 1 heterocycles. The van der Waals surface area contributed by atoms with Crippen LogP contribution < -0.4 is 5.73 Å². The highest BCUT2D eigenvalue weighted by Gasteiger charge is 2.33. The van der Waals surface area contributed by atoms with Crippen molar-refractivity contribution >= 4 is 17.3 Å². The lowest BCUT2D eigenvalue weighted by atomic mass is 9.84. The molecule has 21 heavy (non-hydrogen) atoms. The van der Waals surface area contributed by atoms with Crippen LogP contribution in [0, 0.1) is 21.3 Å². The smallest absolute Gasteiger partial charge is 0.293 e. The van der Waals surface area contributed by atoms with Crippen LogP contribution in [0.3, 0.4) is 0 Å². The molecule has 0 radical (unpaired) electrons. The standard InChI is InChI=1S/C14H18FN3O3/c1-14(2)6-3-7-17(8-14)13(19)11-9(15)4-5-10(12(11)16)18(20)21/h4-5H,3,6-8,16H2,1-2H3. The first-order chi connectivity index (χ1) is 9.73. The average Bonchev–Trinajstić information content (AvgIpc) is 2.36. The average molecular weight is 295 g/mol. The van der Waals surface area contributed by atoms with Crippen molar-refractivity contribution < 1.29 is 14.1 Å². The lowest BCUT2D eigenvalue weighted by molar-refractivity contribution is -0.384. The molecule has 1 amide bonds. The number of nitro groups is 1. The fourth-order valence-electron chi connectivity index (χ4n) is 2.71. The zero-order valence-corrected chi connectivity index (χ0v) is 12.1. The summed E-state index contributed by atoms with van der Waals surface area (Å²) in [6.07, 6.45) is 1.79. The number of nitrogens with zero attached hydrogens (tertiary/aromatic N) is 2. The van der Waals surface area contributed by atoms with Crippen LogP contribution in [0.2, 0.25) is 0 Å². The van der Waals surface area contributed by atoms with E-state index in [2.05, 4.69) is 0 Å². The van der Waals surface area contributed by atoms with Gasteiger partial charge in [0.15, 0.2) is 0 Å². The number of amides is 1. The monoisotopic (exact) mass is 295 g/mol. The first-order valence-corrected chi connectivity index (χ1v) is 6.74. The highest BCUT2D eigenvalue weighted by Crippen LogP contribution is 2.32. The quantitative estimate of drug-likeness (QED) is 0.516. The number of nitrogens with two attached hydrogens (primary N) is 1. The Labute approximate surface area is 121 Å². The second-order valence-electron chi connectivity index (χ2n) is 6.11. The van der Waals surface area contributed by atoms with Gasteiger partial charge in [-0.15, -0.1) is 0 Å². The fourth-order valence-corrected chi connectivity index (χ4v) is 2.71. The Morgan fingerprint density at radius 1 is 1.48 bits per heavy atom. The van der Waals surface area contributed by atoms with Crippen LogP contribution in [0.1, 0.15) is 37.0 Å². The Kier molecular flexibility index (Phi) is 3.85. The van der Waals surface area contributed by atoms with Crippen molar-refractivity contribution in [2.24, 2.45) is 5.41 Å². The molecule has 0 unspecified atom stereocenters. The van der Waals surface area contributed by atoms with E-state index in [0.717, 1.165) is 25.0 Å². The van der Waals surface area contributed by atoms with E-state index >= 15 is 0 Å². The van der Waals surface area contributed by atoms with Gasteiger partial charge < -0.3 is 10.6 Å². The predicted octanol–water partition coefficient (Wildman–Crippen LogP) is 2.58. The number of carbonyl (C=O) groups is 1. The van der Waals surface area contributed by atoms with Crippen LogP contribution in [0.15, 0.2) is 12.1 Å².